The average molecular weight is 260 g/mol. The Balaban J connectivity index is 3.24. The van der Waals surface area contributed by atoms with Gasteiger partial charge in [0.2, 0.25) is 0 Å². The first-order valence-corrected chi connectivity index (χ1v) is 6.65. The molecule has 0 atom stereocenters. The van der Waals surface area contributed by atoms with Crippen molar-refractivity contribution >= 4 is 11.6 Å². The molecule has 0 bridgehead atoms. The van der Waals surface area contributed by atoms with Crippen LogP contribution in [0, 0.1) is 0 Å². The summed E-state index contributed by atoms with van der Waals surface area (Å²) < 4.78 is 0. The first-order valence-electron chi connectivity index (χ1n) is 6.65. The largest absolute Gasteiger partial charge is 0.322 e. The molecule has 104 valence electrons. The molecule has 19 heavy (non-hydrogen) atoms. The summed E-state index contributed by atoms with van der Waals surface area (Å²) in [5.41, 5.74) is 9.33. The lowest BCUT2D eigenvalue weighted by atomic mass is 9.88. The van der Waals surface area contributed by atoms with Crippen molar-refractivity contribution in [2.45, 2.75) is 46.1 Å². The van der Waals surface area contributed by atoms with Crippen molar-refractivity contribution < 1.29 is 4.79 Å². The number of hydrogen-bond acceptors (Lipinski definition) is 2. The second-order valence-corrected chi connectivity index (χ2v) is 5.54. The molecule has 3 nitrogen and oxygen atoms in total. The minimum atomic E-state index is -0.422. The van der Waals surface area contributed by atoms with Gasteiger partial charge in [0.25, 0.3) is 5.91 Å². The number of rotatable bonds is 5. The van der Waals surface area contributed by atoms with Crippen molar-refractivity contribution in [3.8, 4) is 0 Å². The van der Waals surface area contributed by atoms with Crippen LogP contribution in [-0.2, 0) is 16.8 Å². The van der Waals surface area contributed by atoms with E-state index in [0.717, 1.165) is 29.7 Å². The van der Waals surface area contributed by atoms with Crippen LogP contribution in [0.5, 0.6) is 0 Å². The molecule has 0 saturated carbocycles. The molecular weight excluding hydrogens is 236 g/mol. The molecule has 0 aromatic heterocycles. The zero-order valence-corrected chi connectivity index (χ0v) is 12.3. The van der Waals surface area contributed by atoms with Gasteiger partial charge in [-0.15, -0.1) is 0 Å². The lowest BCUT2D eigenvalue weighted by Gasteiger charge is -2.25. The van der Waals surface area contributed by atoms with E-state index in [1.807, 2.05) is 32.0 Å². The fourth-order valence-corrected chi connectivity index (χ4v) is 2.06. The number of benzene rings is 1. The molecular formula is C16H24N2O. The Morgan fingerprint density at radius 2 is 2.05 bits per heavy atom. The maximum Gasteiger partial charge on any atom is 0.250 e. The lowest BCUT2D eigenvalue weighted by Crippen LogP contribution is -2.30. The third-order valence-corrected chi connectivity index (χ3v) is 3.01. The van der Waals surface area contributed by atoms with Crippen molar-refractivity contribution in [2.24, 2.45) is 5.73 Å². The molecule has 0 radical (unpaired) electrons. The standard InChI is InChI=1S/C16H24N2O/c1-6-8-12-13(16(4,5)17)9-7-10-14(12)18-15(19)11(2)3/h7,9-10H,2,6,8,17H2,1,3-5H3,(H,18,19). The second kappa shape index (κ2) is 6.02. The summed E-state index contributed by atoms with van der Waals surface area (Å²) in [5, 5.41) is 2.91. The predicted octanol–water partition coefficient (Wildman–Crippen LogP) is 3.35. The topological polar surface area (TPSA) is 55.1 Å². The zero-order valence-electron chi connectivity index (χ0n) is 12.3. The zero-order chi connectivity index (χ0) is 14.6. The summed E-state index contributed by atoms with van der Waals surface area (Å²) in [6.07, 6.45) is 1.89. The molecule has 3 heteroatoms. The number of carbonyl (C=O) groups excluding carboxylic acids is 1. The molecule has 0 heterocycles. The van der Waals surface area contributed by atoms with Crippen molar-refractivity contribution in [3.63, 3.8) is 0 Å². The van der Waals surface area contributed by atoms with Crippen molar-refractivity contribution in [2.75, 3.05) is 5.32 Å². The van der Waals surface area contributed by atoms with E-state index in [-0.39, 0.29) is 5.91 Å². The monoisotopic (exact) mass is 260 g/mol. The van der Waals surface area contributed by atoms with E-state index in [9.17, 15) is 4.79 Å². The van der Waals surface area contributed by atoms with Gasteiger partial charge in [0.15, 0.2) is 0 Å². The van der Waals surface area contributed by atoms with Crippen LogP contribution in [0.15, 0.2) is 30.4 Å². The maximum absolute atomic E-state index is 11.8. The summed E-state index contributed by atoms with van der Waals surface area (Å²) in [5.74, 6) is -0.149. The number of amides is 1. The molecule has 0 unspecified atom stereocenters. The molecule has 0 aliphatic rings. The Morgan fingerprint density at radius 3 is 2.53 bits per heavy atom. The number of nitrogens with two attached hydrogens (primary N) is 1. The average Bonchev–Trinajstić information content (AvgIpc) is 2.29. The number of anilines is 1. The van der Waals surface area contributed by atoms with Crippen LogP contribution < -0.4 is 11.1 Å². The van der Waals surface area contributed by atoms with Crippen LogP contribution >= 0.6 is 0 Å². The van der Waals surface area contributed by atoms with Crippen molar-refractivity contribution in [1.29, 1.82) is 0 Å². The van der Waals surface area contributed by atoms with Crippen LogP contribution in [0.4, 0.5) is 5.69 Å². The number of carbonyl (C=O) groups is 1. The van der Waals surface area contributed by atoms with E-state index in [4.69, 9.17) is 5.73 Å². The maximum atomic E-state index is 11.8. The van der Waals surface area contributed by atoms with Gasteiger partial charge in [-0.3, -0.25) is 4.79 Å². The summed E-state index contributed by atoms with van der Waals surface area (Å²) in [7, 11) is 0. The normalized spacial score (nSPS) is 11.2. The number of hydrogen-bond donors (Lipinski definition) is 2. The second-order valence-electron chi connectivity index (χ2n) is 5.54. The molecule has 0 spiro atoms. The van der Waals surface area contributed by atoms with Gasteiger partial charge in [0, 0.05) is 16.8 Å². The summed E-state index contributed by atoms with van der Waals surface area (Å²) in [6, 6.07) is 5.87. The molecule has 1 aromatic carbocycles. The van der Waals surface area contributed by atoms with Gasteiger partial charge in [0.05, 0.1) is 0 Å². The van der Waals surface area contributed by atoms with E-state index >= 15 is 0 Å². The van der Waals surface area contributed by atoms with Gasteiger partial charge in [-0.25, -0.2) is 0 Å². The lowest BCUT2D eigenvalue weighted by molar-refractivity contribution is -0.112. The van der Waals surface area contributed by atoms with Crippen LogP contribution in [0.25, 0.3) is 0 Å². The quantitative estimate of drug-likeness (QED) is 0.798. The van der Waals surface area contributed by atoms with Gasteiger partial charge < -0.3 is 11.1 Å². The third kappa shape index (κ3) is 3.93. The summed E-state index contributed by atoms with van der Waals surface area (Å²) >= 11 is 0. The smallest absolute Gasteiger partial charge is 0.250 e. The molecule has 3 N–H and O–H groups in total. The fourth-order valence-electron chi connectivity index (χ4n) is 2.06. The third-order valence-electron chi connectivity index (χ3n) is 3.01. The van der Waals surface area contributed by atoms with Crippen LogP contribution in [0.2, 0.25) is 0 Å². The van der Waals surface area contributed by atoms with Crippen molar-refractivity contribution in [3.05, 3.63) is 41.5 Å². The van der Waals surface area contributed by atoms with Gasteiger partial charge in [-0.05, 0) is 44.4 Å². The van der Waals surface area contributed by atoms with E-state index in [0.29, 0.717) is 5.57 Å². The fraction of sp³-hybridized carbons (Fsp3) is 0.438. The predicted molar refractivity (Wildman–Crippen MR) is 81.1 cm³/mol. The summed E-state index contributed by atoms with van der Waals surface area (Å²) in [4.78, 5) is 11.8. The van der Waals surface area contributed by atoms with Gasteiger partial charge >= 0.3 is 0 Å². The molecule has 0 aliphatic carbocycles. The Kier molecular flexibility index (Phi) is 4.90. The highest BCUT2D eigenvalue weighted by molar-refractivity contribution is 6.03. The van der Waals surface area contributed by atoms with E-state index in [2.05, 4.69) is 18.8 Å². The molecule has 1 aromatic rings. The molecule has 0 saturated heterocycles. The minimum Gasteiger partial charge on any atom is -0.322 e. The van der Waals surface area contributed by atoms with Crippen molar-refractivity contribution in [1.82, 2.24) is 0 Å². The highest BCUT2D eigenvalue weighted by Gasteiger charge is 2.20. The van der Waals surface area contributed by atoms with E-state index in [1.165, 1.54) is 0 Å². The molecule has 0 fully saturated rings. The highest BCUT2D eigenvalue weighted by atomic mass is 16.1. The first-order chi connectivity index (χ1) is 8.77. The summed E-state index contributed by atoms with van der Waals surface area (Å²) in [6.45, 7) is 11.4. The van der Waals surface area contributed by atoms with Crippen LogP contribution in [0.1, 0.15) is 45.2 Å². The first kappa shape index (κ1) is 15.4. The van der Waals surface area contributed by atoms with Gasteiger partial charge in [-0.2, -0.15) is 0 Å². The van der Waals surface area contributed by atoms with Crippen LogP contribution in [0.3, 0.4) is 0 Å². The van der Waals surface area contributed by atoms with Gasteiger partial charge in [-0.1, -0.05) is 32.1 Å². The number of nitrogens with one attached hydrogen (secondary N) is 1. The Hall–Kier alpha value is -1.61. The Morgan fingerprint density at radius 1 is 1.42 bits per heavy atom. The Bertz CT molecular complexity index is 484. The molecule has 0 aliphatic heterocycles. The van der Waals surface area contributed by atoms with E-state index < -0.39 is 5.54 Å². The molecule has 1 amide bonds. The highest BCUT2D eigenvalue weighted by Crippen LogP contribution is 2.29. The SMILES string of the molecule is C=C(C)C(=O)Nc1cccc(C(C)(C)N)c1CCC. The Labute approximate surface area is 115 Å². The van der Waals surface area contributed by atoms with Crippen LogP contribution in [-0.4, -0.2) is 5.91 Å². The minimum absolute atomic E-state index is 0.149. The van der Waals surface area contributed by atoms with Gasteiger partial charge in [0.1, 0.15) is 0 Å². The molecule has 1 rings (SSSR count). The van der Waals surface area contributed by atoms with E-state index in [1.54, 1.807) is 6.92 Å².